The molecule has 33 heavy (non-hydrogen) atoms. The first kappa shape index (κ1) is 24.5. The summed E-state index contributed by atoms with van der Waals surface area (Å²) in [6.45, 7) is 8.74. The van der Waals surface area contributed by atoms with Crippen molar-refractivity contribution < 1.29 is 14.4 Å². The zero-order valence-electron chi connectivity index (χ0n) is 19.9. The monoisotopic (exact) mass is 461 g/mol. The minimum atomic E-state index is -0.726. The van der Waals surface area contributed by atoms with Crippen LogP contribution < -0.4 is 17.2 Å². The number of rotatable bonds is 7. The van der Waals surface area contributed by atoms with Crippen molar-refractivity contribution in [3.8, 4) is 0 Å². The van der Waals surface area contributed by atoms with Crippen LogP contribution >= 0.6 is 0 Å². The van der Waals surface area contributed by atoms with Gasteiger partial charge in [0.1, 0.15) is 17.2 Å². The van der Waals surface area contributed by atoms with E-state index < -0.39 is 17.8 Å². The first-order valence-corrected chi connectivity index (χ1v) is 11.6. The summed E-state index contributed by atoms with van der Waals surface area (Å²) in [7, 11) is 0. The third kappa shape index (κ3) is 4.67. The molecule has 2 fully saturated rings. The van der Waals surface area contributed by atoms with Gasteiger partial charge in [-0.15, -0.1) is 0 Å². The number of hydrogen-bond acceptors (Lipinski definition) is 7. The van der Waals surface area contributed by atoms with Crippen molar-refractivity contribution in [3.63, 3.8) is 0 Å². The van der Waals surface area contributed by atoms with Crippen molar-refractivity contribution in [3.05, 3.63) is 27.7 Å². The Morgan fingerprint density at radius 3 is 2.33 bits per heavy atom. The van der Waals surface area contributed by atoms with Crippen molar-refractivity contribution in [1.82, 2.24) is 24.6 Å². The summed E-state index contributed by atoms with van der Waals surface area (Å²) in [6, 6.07) is -0.972. The Morgan fingerprint density at radius 2 is 1.79 bits per heavy atom. The average molecular weight is 462 g/mol. The molecular formula is C22H35N7O4. The Morgan fingerprint density at radius 1 is 1.15 bits per heavy atom. The number of amides is 4. The van der Waals surface area contributed by atoms with Gasteiger partial charge in [0, 0.05) is 25.0 Å². The van der Waals surface area contributed by atoms with Crippen LogP contribution in [0.3, 0.4) is 0 Å². The molecule has 0 unspecified atom stereocenters. The van der Waals surface area contributed by atoms with Crippen molar-refractivity contribution >= 4 is 17.8 Å². The SMILES string of the molecule is CCCCN1C(=O)C(=C(N)N)C(=O)N(C2CCC(C)(Cn3c(C(C)C)n[nH]c3=O)CC2)C1=O. The summed E-state index contributed by atoms with van der Waals surface area (Å²) >= 11 is 0. The number of unbranched alkanes of at least 4 members (excludes halogenated alkanes) is 1. The summed E-state index contributed by atoms with van der Waals surface area (Å²) in [5.74, 6) is -1.00. The fourth-order valence-corrected chi connectivity index (χ4v) is 4.75. The van der Waals surface area contributed by atoms with Crippen molar-refractivity contribution in [2.45, 2.75) is 84.7 Å². The van der Waals surface area contributed by atoms with E-state index in [1.54, 1.807) is 4.57 Å². The smallest absolute Gasteiger partial charge is 0.343 e. The lowest BCUT2D eigenvalue weighted by Crippen LogP contribution is -2.61. The van der Waals surface area contributed by atoms with Crippen LogP contribution in [0.1, 0.15) is 78.0 Å². The molecule has 11 nitrogen and oxygen atoms in total. The zero-order chi connectivity index (χ0) is 24.5. The van der Waals surface area contributed by atoms with E-state index in [1.807, 2.05) is 20.8 Å². The number of nitrogens with one attached hydrogen (secondary N) is 1. The van der Waals surface area contributed by atoms with E-state index in [9.17, 15) is 19.2 Å². The highest BCUT2D eigenvalue weighted by atomic mass is 16.2. The van der Waals surface area contributed by atoms with Gasteiger partial charge in [0.2, 0.25) is 0 Å². The summed E-state index contributed by atoms with van der Waals surface area (Å²) in [5.41, 5.74) is 10.6. The van der Waals surface area contributed by atoms with Gasteiger partial charge in [-0.05, 0) is 37.5 Å². The van der Waals surface area contributed by atoms with Crippen LogP contribution in [-0.4, -0.2) is 55.0 Å². The Balaban J connectivity index is 1.80. The molecule has 0 atom stereocenters. The number of urea groups is 1. The van der Waals surface area contributed by atoms with Crippen LogP contribution in [0.2, 0.25) is 0 Å². The summed E-state index contributed by atoms with van der Waals surface area (Å²) in [6.07, 6.45) is 3.93. The van der Waals surface area contributed by atoms with E-state index in [0.717, 1.165) is 16.2 Å². The van der Waals surface area contributed by atoms with Crippen LogP contribution in [0.15, 0.2) is 16.2 Å². The molecule has 2 heterocycles. The lowest BCUT2D eigenvalue weighted by molar-refractivity contribution is -0.138. The molecule has 1 aromatic heterocycles. The Hall–Kier alpha value is -3.11. The van der Waals surface area contributed by atoms with Gasteiger partial charge in [-0.1, -0.05) is 34.1 Å². The number of nitrogens with zero attached hydrogens (tertiary/aromatic N) is 4. The lowest BCUT2D eigenvalue weighted by atomic mass is 9.73. The molecule has 1 aliphatic carbocycles. The fraction of sp³-hybridized carbons (Fsp3) is 0.682. The molecular weight excluding hydrogens is 426 g/mol. The number of aromatic nitrogens is 3. The maximum atomic E-state index is 13.1. The molecule has 1 aromatic rings. The van der Waals surface area contributed by atoms with Gasteiger partial charge in [0.15, 0.2) is 0 Å². The molecule has 0 spiro atoms. The third-order valence-electron chi connectivity index (χ3n) is 6.72. The Kier molecular flexibility index (Phi) is 6.99. The number of carbonyl (C=O) groups is 3. The number of carbonyl (C=O) groups excluding carboxylic acids is 3. The van der Waals surface area contributed by atoms with E-state index in [0.29, 0.717) is 44.5 Å². The minimum Gasteiger partial charge on any atom is -0.385 e. The van der Waals surface area contributed by atoms with Crippen molar-refractivity contribution in [2.75, 3.05) is 6.54 Å². The van der Waals surface area contributed by atoms with Crippen LogP contribution in [-0.2, 0) is 16.1 Å². The molecule has 4 amide bonds. The van der Waals surface area contributed by atoms with E-state index >= 15 is 0 Å². The second-order valence-corrected chi connectivity index (χ2v) is 9.77. The first-order valence-electron chi connectivity index (χ1n) is 11.6. The standard InChI is InChI=1S/C22H35N7O4/c1-5-6-11-27-18(30)15(16(23)24)19(31)29(21(27)33)14-7-9-22(4,10-8-14)12-28-17(13(2)3)25-26-20(28)32/h13-14H,5-12,23-24H2,1-4H3,(H,26,32). The fourth-order valence-electron chi connectivity index (χ4n) is 4.75. The van der Waals surface area contributed by atoms with Crippen LogP contribution in [0.25, 0.3) is 0 Å². The highest BCUT2D eigenvalue weighted by Crippen LogP contribution is 2.40. The van der Waals surface area contributed by atoms with Crippen molar-refractivity contribution in [2.24, 2.45) is 16.9 Å². The topological polar surface area (TPSA) is 160 Å². The summed E-state index contributed by atoms with van der Waals surface area (Å²) < 4.78 is 1.68. The molecule has 1 saturated heterocycles. The first-order chi connectivity index (χ1) is 15.5. The van der Waals surface area contributed by atoms with Gasteiger partial charge in [0.05, 0.1) is 0 Å². The molecule has 0 bridgehead atoms. The molecule has 3 rings (SSSR count). The predicted molar refractivity (Wildman–Crippen MR) is 122 cm³/mol. The number of aromatic amines is 1. The summed E-state index contributed by atoms with van der Waals surface area (Å²) in [4.78, 5) is 53.5. The van der Waals surface area contributed by atoms with Gasteiger partial charge < -0.3 is 11.5 Å². The average Bonchev–Trinajstić information content (AvgIpc) is 3.09. The van der Waals surface area contributed by atoms with Gasteiger partial charge in [0.25, 0.3) is 11.8 Å². The molecule has 1 saturated carbocycles. The molecule has 5 N–H and O–H groups in total. The Bertz CT molecular complexity index is 1010. The number of barbiturate groups is 1. The van der Waals surface area contributed by atoms with E-state index in [1.165, 1.54) is 0 Å². The van der Waals surface area contributed by atoms with Gasteiger partial charge in [-0.3, -0.25) is 24.0 Å². The van der Waals surface area contributed by atoms with E-state index in [-0.39, 0.29) is 41.0 Å². The number of hydrogen-bond donors (Lipinski definition) is 3. The number of imide groups is 2. The highest BCUT2D eigenvalue weighted by molar-refractivity contribution is 6.29. The summed E-state index contributed by atoms with van der Waals surface area (Å²) in [5, 5.41) is 6.68. The molecule has 2 aliphatic rings. The number of H-pyrrole nitrogens is 1. The molecule has 1 aliphatic heterocycles. The number of nitrogens with two attached hydrogens (primary N) is 2. The second kappa shape index (κ2) is 9.40. The molecule has 11 heteroatoms. The van der Waals surface area contributed by atoms with Gasteiger partial charge >= 0.3 is 11.7 Å². The zero-order valence-corrected chi connectivity index (χ0v) is 19.9. The second-order valence-electron chi connectivity index (χ2n) is 9.77. The Labute approximate surface area is 193 Å². The quantitative estimate of drug-likeness (QED) is 0.408. The lowest BCUT2D eigenvalue weighted by Gasteiger charge is -2.44. The van der Waals surface area contributed by atoms with Gasteiger partial charge in [-0.2, -0.15) is 5.10 Å². The van der Waals surface area contributed by atoms with Gasteiger partial charge in [-0.25, -0.2) is 14.7 Å². The van der Waals surface area contributed by atoms with Crippen LogP contribution in [0.4, 0.5) is 4.79 Å². The third-order valence-corrected chi connectivity index (χ3v) is 6.72. The van der Waals surface area contributed by atoms with E-state index in [4.69, 9.17) is 11.5 Å². The molecule has 0 aromatic carbocycles. The maximum Gasteiger partial charge on any atom is 0.343 e. The van der Waals surface area contributed by atoms with Crippen molar-refractivity contribution in [1.29, 1.82) is 0 Å². The molecule has 182 valence electrons. The molecule has 0 radical (unpaired) electrons. The normalized spacial score (nSPS) is 24.2. The maximum absolute atomic E-state index is 13.1. The predicted octanol–water partition coefficient (Wildman–Crippen LogP) is 1.36. The van der Waals surface area contributed by atoms with E-state index in [2.05, 4.69) is 17.1 Å². The van der Waals surface area contributed by atoms with Crippen LogP contribution in [0.5, 0.6) is 0 Å². The minimum absolute atomic E-state index is 0.103. The highest BCUT2D eigenvalue weighted by Gasteiger charge is 2.47. The largest absolute Gasteiger partial charge is 0.385 e. The van der Waals surface area contributed by atoms with Crippen LogP contribution in [0, 0.1) is 5.41 Å².